The van der Waals surface area contributed by atoms with Gasteiger partial charge in [0.2, 0.25) is 0 Å². The number of amides is 1. The van der Waals surface area contributed by atoms with Gasteiger partial charge in [0.1, 0.15) is 6.29 Å². The van der Waals surface area contributed by atoms with Crippen molar-refractivity contribution in [3.63, 3.8) is 0 Å². The monoisotopic (exact) mass is 320 g/mol. The van der Waals surface area contributed by atoms with E-state index in [1.165, 1.54) is 4.90 Å². The van der Waals surface area contributed by atoms with Crippen LogP contribution in [0.3, 0.4) is 0 Å². The van der Waals surface area contributed by atoms with E-state index >= 15 is 0 Å². The first-order chi connectivity index (χ1) is 11.7. The van der Waals surface area contributed by atoms with E-state index in [2.05, 4.69) is 4.98 Å². The summed E-state index contributed by atoms with van der Waals surface area (Å²) in [6.45, 7) is -0.0120. The molecule has 24 heavy (non-hydrogen) atoms. The molecule has 1 heterocycles. The number of para-hydroxylation sites is 1. The first-order valence-corrected chi connectivity index (χ1v) is 7.56. The number of hydrogen-bond donors (Lipinski definition) is 1. The van der Waals surface area contributed by atoms with Crippen molar-refractivity contribution in [2.75, 3.05) is 18.1 Å². The molecule has 5 nitrogen and oxygen atoms in total. The number of carbonyl (C=O) groups is 2. The summed E-state index contributed by atoms with van der Waals surface area (Å²) in [5.41, 5.74) is 2.24. The fourth-order valence-corrected chi connectivity index (χ4v) is 2.60. The number of fused-ring (bicyclic) bond motifs is 1. The molecule has 0 bridgehead atoms. The predicted molar refractivity (Wildman–Crippen MR) is 92.3 cm³/mol. The Labute approximate surface area is 139 Å². The Morgan fingerprint density at radius 3 is 2.54 bits per heavy atom. The molecule has 0 radical (unpaired) electrons. The van der Waals surface area contributed by atoms with Crippen LogP contribution >= 0.6 is 0 Å². The van der Waals surface area contributed by atoms with E-state index in [9.17, 15) is 14.7 Å². The summed E-state index contributed by atoms with van der Waals surface area (Å²) < 4.78 is 0. The molecule has 0 unspecified atom stereocenters. The van der Waals surface area contributed by atoms with E-state index < -0.39 is 0 Å². The SMILES string of the molecule is O=Cc1ccc(N(CCO)C(=O)c2cccc3cccnc23)cc1. The maximum atomic E-state index is 13.0. The lowest BCUT2D eigenvalue weighted by atomic mass is 10.1. The number of anilines is 1. The van der Waals surface area contributed by atoms with Crippen LogP contribution in [-0.2, 0) is 0 Å². The van der Waals surface area contributed by atoms with Gasteiger partial charge in [-0.3, -0.25) is 14.6 Å². The highest BCUT2D eigenvalue weighted by Crippen LogP contribution is 2.22. The van der Waals surface area contributed by atoms with Crippen LogP contribution in [0.4, 0.5) is 5.69 Å². The number of rotatable bonds is 5. The third-order valence-corrected chi connectivity index (χ3v) is 3.77. The molecular formula is C19H16N2O3. The Balaban J connectivity index is 2.03. The molecule has 0 aliphatic carbocycles. The summed E-state index contributed by atoms with van der Waals surface area (Å²) in [5.74, 6) is -0.243. The standard InChI is InChI=1S/C19H16N2O3/c22-12-11-21(16-8-6-14(13-23)7-9-16)19(24)17-5-1-3-15-4-2-10-20-18(15)17/h1-10,13,22H,11-12H2. The average Bonchev–Trinajstić information content (AvgIpc) is 2.65. The van der Waals surface area contributed by atoms with Crippen molar-refractivity contribution >= 4 is 28.8 Å². The van der Waals surface area contributed by atoms with Crippen LogP contribution in [0.25, 0.3) is 10.9 Å². The maximum Gasteiger partial charge on any atom is 0.260 e. The Hall–Kier alpha value is -3.05. The van der Waals surface area contributed by atoms with Gasteiger partial charge in [-0.05, 0) is 36.4 Å². The van der Waals surface area contributed by atoms with Crippen molar-refractivity contribution in [1.82, 2.24) is 4.98 Å². The molecule has 3 rings (SSSR count). The zero-order chi connectivity index (χ0) is 16.9. The second-order valence-corrected chi connectivity index (χ2v) is 5.27. The van der Waals surface area contributed by atoms with Gasteiger partial charge in [0.15, 0.2) is 0 Å². The highest BCUT2D eigenvalue weighted by molar-refractivity contribution is 6.13. The summed E-state index contributed by atoms with van der Waals surface area (Å²) in [4.78, 5) is 29.6. The van der Waals surface area contributed by atoms with Crippen molar-refractivity contribution in [2.45, 2.75) is 0 Å². The lowest BCUT2D eigenvalue weighted by molar-refractivity contribution is 0.0982. The van der Waals surface area contributed by atoms with Crippen molar-refractivity contribution in [2.24, 2.45) is 0 Å². The number of benzene rings is 2. The number of carbonyl (C=O) groups excluding carboxylic acids is 2. The topological polar surface area (TPSA) is 70.5 Å². The number of aliphatic hydroxyl groups is 1. The van der Waals surface area contributed by atoms with E-state index in [0.29, 0.717) is 22.3 Å². The first kappa shape index (κ1) is 15.8. The number of nitrogens with zero attached hydrogens (tertiary/aromatic N) is 2. The van der Waals surface area contributed by atoms with Crippen molar-refractivity contribution in [3.05, 3.63) is 71.9 Å². The fraction of sp³-hybridized carbons (Fsp3) is 0.105. The summed E-state index contributed by atoms with van der Waals surface area (Å²) >= 11 is 0. The lowest BCUT2D eigenvalue weighted by Gasteiger charge is -2.22. The van der Waals surface area contributed by atoms with E-state index in [-0.39, 0.29) is 19.1 Å². The van der Waals surface area contributed by atoms with Crippen LogP contribution in [-0.4, -0.2) is 35.4 Å². The second kappa shape index (κ2) is 7.02. The van der Waals surface area contributed by atoms with E-state index in [4.69, 9.17) is 0 Å². The highest BCUT2D eigenvalue weighted by Gasteiger charge is 2.20. The van der Waals surface area contributed by atoms with E-state index in [1.807, 2.05) is 24.3 Å². The van der Waals surface area contributed by atoms with Crippen LogP contribution in [0.1, 0.15) is 20.7 Å². The Bertz CT molecular complexity index is 870. The molecule has 0 aliphatic heterocycles. The Morgan fingerprint density at radius 1 is 1.08 bits per heavy atom. The number of aliphatic hydroxyl groups excluding tert-OH is 1. The average molecular weight is 320 g/mol. The minimum Gasteiger partial charge on any atom is -0.395 e. The minimum atomic E-state index is -0.243. The Morgan fingerprint density at radius 2 is 1.83 bits per heavy atom. The Kier molecular flexibility index (Phi) is 4.63. The first-order valence-electron chi connectivity index (χ1n) is 7.56. The van der Waals surface area contributed by atoms with Gasteiger partial charge in [-0.1, -0.05) is 18.2 Å². The molecule has 0 atom stereocenters. The number of hydrogen-bond acceptors (Lipinski definition) is 4. The molecule has 1 amide bonds. The van der Waals surface area contributed by atoms with Gasteiger partial charge in [0, 0.05) is 29.4 Å². The minimum absolute atomic E-state index is 0.155. The number of aromatic nitrogens is 1. The van der Waals surface area contributed by atoms with Gasteiger partial charge in [-0.15, -0.1) is 0 Å². The van der Waals surface area contributed by atoms with E-state index in [0.717, 1.165) is 11.7 Å². The fourth-order valence-electron chi connectivity index (χ4n) is 2.60. The summed E-state index contributed by atoms with van der Waals surface area (Å²) in [5, 5.41) is 10.2. The van der Waals surface area contributed by atoms with Gasteiger partial charge in [-0.2, -0.15) is 0 Å². The number of pyridine rings is 1. The molecule has 120 valence electrons. The van der Waals surface area contributed by atoms with Gasteiger partial charge >= 0.3 is 0 Å². The van der Waals surface area contributed by atoms with Crippen LogP contribution in [0.5, 0.6) is 0 Å². The van der Waals surface area contributed by atoms with Crippen LogP contribution in [0, 0.1) is 0 Å². The molecule has 1 N–H and O–H groups in total. The van der Waals surface area contributed by atoms with Gasteiger partial charge < -0.3 is 10.0 Å². The zero-order valence-electron chi connectivity index (χ0n) is 12.9. The molecule has 0 aliphatic rings. The highest BCUT2D eigenvalue weighted by atomic mass is 16.3. The second-order valence-electron chi connectivity index (χ2n) is 5.27. The lowest BCUT2D eigenvalue weighted by Crippen LogP contribution is -2.33. The van der Waals surface area contributed by atoms with Crippen molar-refractivity contribution in [3.8, 4) is 0 Å². The van der Waals surface area contributed by atoms with Gasteiger partial charge in [0.25, 0.3) is 5.91 Å². The molecule has 0 fully saturated rings. The molecule has 0 saturated carbocycles. The predicted octanol–water partition coefficient (Wildman–Crippen LogP) is 2.69. The van der Waals surface area contributed by atoms with Crippen LogP contribution < -0.4 is 4.90 Å². The van der Waals surface area contributed by atoms with Gasteiger partial charge in [0.05, 0.1) is 17.7 Å². The summed E-state index contributed by atoms with van der Waals surface area (Å²) in [6, 6.07) is 15.8. The maximum absolute atomic E-state index is 13.0. The number of aldehydes is 1. The molecule has 0 saturated heterocycles. The summed E-state index contributed by atoms with van der Waals surface area (Å²) in [6.07, 6.45) is 2.39. The molecule has 3 aromatic rings. The van der Waals surface area contributed by atoms with Crippen molar-refractivity contribution < 1.29 is 14.7 Å². The quantitative estimate of drug-likeness (QED) is 0.734. The van der Waals surface area contributed by atoms with Crippen LogP contribution in [0.15, 0.2) is 60.8 Å². The van der Waals surface area contributed by atoms with Crippen molar-refractivity contribution in [1.29, 1.82) is 0 Å². The van der Waals surface area contributed by atoms with Gasteiger partial charge in [-0.25, -0.2) is 0 Å². The third kappa shape index (κ3) is 3.02. The third-order valence-electron chi connectivity index (χ3n) is 3.77. The molecular weight excluding hydrogens is 304 g/mol. The van der Waals surface area contributed by atoms with Crippen LogP contribution in [0.2, 0.25) is 0 Å². The largest absolute Gasteiger partial charge is 0.395 e. The molecule has 5 heteroatoms. The zero-order valence-corrected chi connectivity index (χ0v) is 12.9. The summed E-state index contributed by atoms with van der Waals surface area (Å²) in [7, 11) is 0. The molecule has 1 aromatic heterocycles. The van der Waals surface area contributed by atoms with E-state index in [1.54, 1.807) is 36.5 Å². The smallest absolute Gasteiger partial charge is 0.260 e. The molecule has 0 spiro atoms. The molecule has 2 aromatic carbocycles. The normalized spacial score (nSPS) is 10.5.